The molecule has 2 unspecified atom stereocenters. The van der Waals surface area contributed by atoms with Crippen molar-refractivity contribution in [2.75, 3.05) is 38.1 Å². The van der Waals surface area contributed by atoms with Gasteiger partial charge < -0.3 is 9.80 Å². The Bertz CT molecular complexity index is 651. The molecule has 2 fully saturated rings. The average molecular weight is 432 g/mol. The molecular formula is C17H21BrCl2N4. The summed E-state index contributed by atoms with van der Waals surface area (Å²) in [5, 5.41) is 8.87. The molecular weight excluding hydrogens is 411 g/mol. The van der Waals surface area contributed by atoms with E-state index >= 15 is 0 Å². The summed E-state index contributed by atoms with van der Waals surface area (Å²) in [6, 6.07) is 12.4. The van der Waals surface area contributed by atoms with Gasteiger partial charge in [0.1, 0.15) is 0 Å². The third-order valence-corrected chi connectivity index (χ3v) is 5.31. The third kappa shape index (κ3) is 3.85. The van der Waals surface area contributed by atoms with Crippen molar-refractivity contribution in [1.29, 1.82) is 0 Å². The number of nitrogens with zero attached hydrogens (tertiary/aromatic N) is 4. The van der Waals surface area contributed by atoms with Gasteiger partial charge in [0.25, 0.3) is 0 Å². The first-order valence-corrected chi connectivity index (χ1v) is 8.51. The van der Waals surface area contributed by atoms with Crippen molar-refractivity contribution < 1.29 is 0 Å². The molecule has 24 heavy (non-hydrogen) atoms. The molecule has 2 aliphatic rings. The molecule has 0 saturated carbocycles. The summed E-state index contributed by atoms with van der Waals surface area (Å²) >= 11 is 3.46. The van der Waals surface area contributed by atoms with Gasteiger partial charge in [0, 0.05) is 36.2 Å². The standard InChI is InChI=1S/C17H19BrN4.2ClH/c1-21-8-13-10-22(11-14(13)9-21)17-7-6-16(19-20-17)12-2-4-15(18)5-3-12;;/h2-7,13-14H,8-11H2,1H3;2*1H. The molecule has 4 nitrogen and oxygen atoms in total. The van der Waals surface area contributed by atoms with Crippen LogP contribution < -0.4 is 4.90 Å². The van der Waals surface area contributed by atoms with Crippen LogP contribution in [0, 0.1) is 11.8 Å². The Labute approximate surface area is 163 Å². The Hall–Kier alpha value is -0.880. The Balaban J connectivity index is 0.00000104. The summed E-state index contributed by atoms with van der Waals surface area (Å²) < 4.78 is 1.08. The van der Waals surface area contributed by atoms with Crippen LogP contribution in [0.4, 0.5) is 5.82 Å². The van der Waals surface area contributed by atoms with E-state index in [4.69, 9.17) is 0 Å². The first-order chi connectivity index (χ1) is 10.7. The highest BCUT2D eigenvalue weighted by molar-refractivity contribution is 9.10. The second-order valence-corrected chi connectivity index (χ2v) is 7.35. The van der Waals surface area contributed by atoms with Crippen molar-refractivity contribution >= 4 is 46.6 Å². The van der Waals surface area contributed by atoms with E-state index in [1.165, 1.54) is 13.1 Å². The van der Waals surface area contributed by atoms with E-state index in [0.717, 1.165) is 46.5 Å². The minimum Gasteiger partial charge on any atom is -0.354 e. The predicted molar refractivity (Wildman–Crippen MR) is 106 cm³/mol. The number of rotatable bonds is 2. The lowest BCUT2D eigenvalue weighted by molar-refractivity contribution is 0.387. The quantitative estimate of drug-likeness (QED) is 0.724. The van der Waals surface area contributed by atoms with Crippen LogP contribution in [0.1, 0.15) is 0 Å². The summed E-state index contributed by atoms with van der Waals surface area (Å²) in [6.07, 6.45) is 0. The van der Waals surface area contributed by atoms with E-state index in [0.29, 0.717) is 0 Å². The molecule has 3 heterocycles. The number of benzene rings is 1. The fourth-order valence-corrected chi connectivity index (χ4v) is 3.95. The number of anilines is 1. The molecule has 0 bridgehead atoms. The highest BCUT2D eigenvalue weighted by atomic mass is 79.9. The lowest BCUT2D eigenvalue weighted by Crippen LogP contribution is -2.27. The highest BCUT2D eigenvalue weighted by Crippen LogP contribution is 2.32. The first-order valence-electron chi connectivity index (χ1n) is 7.72. The molecule has 0 spiro atoms. The van der Waals surface area contributed by atoms with Crippen LogP contribution in [0.5, 0.6) is 0 Å². The molecule has 1 aromatic heterocycles. The van der Waals surface area contributed by atoms with Gasteiger partial charge in [-0.15, -0.1) is 35.0 Å². The summed E-state index contributed by atoms with van der Waals surface area (Å²) in [4.78, 5) is 4.83. The monoisotopic (exact) mass is 430 g/mol. The van der Waals surface area contributed by atoms with E-state index in [9.17, 15) is 0 Å². The van der Waals surface area contributed by atoms with Gasteiger partial charge in [-0.25, -0.2) is 0 Å². The molecule has 2 atom stereocenters. The van der Waals surface area contributed by atoms with Crippen LogP contribution in [0.2, 0.25) is 0 Å². The number of halogens is 3. The van der Waals surface area contributed by atoms with Crippen LogP contribution in [-0.4, -0.2) is 48.3 Å². The van der Waals surface area contributed by atoms with E-state index in [1.54, 1.807) is 0 Å². The van der Waals surface area contributed by atoms with Gasteiger partial charge in [0.2, 0.25) is 0 Å². The van der Waals surface area contributed by atoms with Crippen LogP contribution in [0.15, 0.2) is 40.9 Å². The molecule has 2 saturated heterocycles. The van der Waals surface area contributed by atoms with Gasteiger partial charge in [-0.3, -0.25) is 0 Å². The fourth-order valence-electron chi connectivity index (χ4n) is 3.68. The van der Waals surface area contributed by atoms with E-state index < -0.39 is 0 Å². The second kappa shape index (κ2) is 8.00. The largest absolute Gasteiger partial charge is 0.354 e. The van der Waals surface area contributed by atoms with Gasteiger partial charge in [0.05, 0.1) is 5.69 Å². The maximum atomic E-state index is 4.46. The first kappa shape index (κ1) is 19.4. The number of aromatic nitrogens is 2. The van der Waals surface area contributed by atoms with E-state index in [-0.39, 0.29) is 24.8 Å². The van der Waals surface area contributed by atoms with Crippen molar-refractivity contribution in [1.82, 2.24) is 15.1 Å². The molecule has 130 valence electrons. The molecule has 2 aromatic rings. The molecule has 4 rings (SSSR count). The van der Waals surface area contributed by atoms with Crippen LogP contribution >= 0.6 is 40.7 Å². The topological polar surface area (TPSA) is 32.3 Å². The Kier molecular flexibility index (Phi) is 6.48. The van der Waals surface area contributed by atoms with Crippen LogP contribution in [-0.2, 0) is 0 Å². The van der Waals surface area contributed by atoms with Gasteiger partial charge in [-0.2, -0.15) is 0 Å². The molecule has 0 radical (unpaired) electrons. The summed E-state index contributed by atoms with van der Waals surface area (Å²) in [6.45, 7) is 4.65. The van der Waals surface area contributed by atoms with Gasteiger partial charge in [0.15, 0.2) is 5.82 Å². The molecule has 1 aromatic carbocycles. The number of fused-ring (bicyclic) bond motifs is 1. The minimum atomic E-state index is 0. The number of hydrogen-bond acceptors (Lipinski definition) is 4. The fraction of sp³-hybridized carbons (Fsp3) is 0.412. The van der Waals surface area contributed by atoms with E-state index in [1.807, 2.05) is 12.1 Å². The Morgan fingerprint density at radius 1 is 0.875 bits per heavy atom. The van der Waals surface area contributed by atoms with Gasteiger partial charge >= 0.3 is 0 Å². The lowest BCUT2D eigenvalue weighted by atomic mass is 10.0. The smallest absolute Gasteiger partial charge is 0.151 e. The molecule has 0 amide bonds. The van der Waals surface area contributed by atoms with Crippen molar-refractivity contribution in [2.24, 2.45) is 11.8 Å². The number of hydrogen-bond donors (Lipinski definition) is 0. The Morgan fingerprint density at radius 2 is 1.50 bits per heavy atom. The van der Waals surface area contributed by atoms with Crippen molar-refractivity contribution in [3.63, 3.8) is 0 Å². The SMILES string of the molecule is CN1CC2CN(c3ccc(-c4ccc(Br)cc4)nn3)CC2C1.Cl.Cl. The zero-order valence-corrected chi connectivity index (χ0v) is 16.6. The van der Waals surface area contributed by atoms with Crippen molar-refractivity contribution in [3.05, 3.63) is 40.9 Å². The molecule has 0 aliphatic carbocycles. The van der Waals surface area contributed by atoms with Crippen LogP contribution in [0.25, 0.3) is 11.3 Å². The summed E-state index contributed by atoms with van der Waals surface area (Å²) in [7, 11) is 2.22. The van der Waals surface area contributed by atoms with Gasteiger partial charge in [-0.05, 0) is 43.1 Å². The summed E-state index contributed by atoms with van der Waals surface area (Å²) in [5.74, 6) is 2.59. The van der Waals surface area contributed by atoms with Crippen molar-refractivity contribution in [2.45, 2.75) is 0 Å². The molecule has 2 aliphatic heterocycles. The zero-order valence-electron chi connectivity index (χ0n) is 13.4. The highest BCUT2D eigenvalue weighted by Gasteiger charge is 2.39. The zero-order chi connectivity index (χ0) is 15.1. The summed E-state index contributed by atoms with van der Waals surface area (Å²) in [5.41, 5.74) is 2.03. The molecule has 0 N–H and O–H groups in total. The maximum absolute atomic E-state index is 4.46. The predicted octanol–water partition coefficient (Wildman–Crippen LogP) is 3.75. The van der Waals surface area contributed by atoms with Crippen LogP contribution in [0.3, 0.4) is 0 Å². The molecule has 7 heteroatoms. The lowest BCUT2D eigenvalue weighted by Gasteiger charge is -2.19. The third-order valence-electron chi connectivity index (χ3n) is 4.78. The Morgan fingerprint density at radius 3 is 2.04 bits per heavy atom. The number of likely N-dealkylation sites (tertiary alicyclic amines) is 1. The second-order valence-electron chi connectivity index (χ2n) is 6.43. The average Bonchev–Trinajstić information content (AvgIpc) is 3.05. The minimum absolute atomic E-state index is 0. The maximum Gasteiger partial charge on any atom is 0.151 e. The van der Waals surface area contributed by atoms with E-state index in [2.05, 4.69) is 67.2 Å². The van der Waals surface area contributed by atoms with Crippen molar-refractivity contribution in [3.8, 4) is 11.3 Å². The van der Waals surface area contributed by atoms with Gasteiger partial charge in [-0.1, -0.05) is 28.1 Å². The normalized spacial score (nSPS) is 22.7.